The largest absolute Gasteiger partial charge is 0.488 e. The Kier molecular flexibility index (Phi) is 4.50. The molecule has 2 rings (SSSR count). The van der Waals surface area contributed by atoms with Crippen LogP contribution in [-0.2, 0) is 13.2 Å². The van der Waals surface area contributed by atoms with E-state index in [-0.39, 0.29) is 24.8 Å². The Morgan fingerprint density at radius 3 is 2.53 bits per heavy atom. The third kappa shape index (κ3) is 3.30. The molecule has 0 aliphatic heterocycles. The van der Waals surface area contributed by atoms with E-state index in [0.717, 1.165) is 0 Å². The maximum atomic E-state index is 13.9. The first-order valence-electron chi connectivity index (χ1n) is 5.66. The molecule has 0 heterocycles. The second-order valence-electron chi connectivity index (χ2n) is 3.96. The van der Waals surface area contributed by atoms with Gasteiger partial charge in [-0.15, -0.1) is 0 Å². The summed E-state index contributed by atoms with van der Waals surface area (Å²) in [7, 11) is 0. The standard InChI is InChI=1S/C14H12BrF2NO/c15-12-6-11(16)4-5-13(12)19-8-10-3-1-2-9(7-18)14(10)17/h1-6H,7-8,18H2. The minimum atomic E-state index is -0.365. The van der Waals surface area contributed by atoms with Crippen LogP contribution in [0.25, 0.3) is 0 Å². The first kappa shape index (κ1) is 14.0. The van der Waals surface area contributed by atoms with Gasteiger partial charge in [-0.05, 0) is 34.1 Å². The fourth-order valence-electron chi connectivity index (χ4n) is 1.65. The van der Waals surface area contributed by atoms with E-state index in [2.05, 4.69) is 15.9 Å². The second kappa shape index (κ2) is 6.12. The third-order valence-corrected chi connectivity index (χ3v) is 3.28. The summed E-state index contributed by atoms with van der Waals surface area (Å²) in [4.78, 5) is 0. The van der Waals surface area contributed by atoms with E-state index in [1.54, 1.807) is 18.2 Å². The number of hydrogen-bond donors (Lipinski definition) is 1. The summed E-state index contributed by atoms with van der Waals surface area (Å²) in [5, 5.41) is 0. The number of benzene rings is 2. The topological polar surface area (TPSA) is 35.2 Å². The summed E-state index contributed by atoms with van der Waals surface area (Å²) in [6, 6.07) is 9.06. The van der Waals surface area contributed by atoms with E-state index >= 15 is 0 Å². The van der Waals surface area contributed by atoms with Crippen molar-refractivity contribution in [3.8, 4) is 5.75 Å². The van der Waals surface area contributed by atoms with E-state index in [1.165, 1.54) is 18.2 Å². The lowest BCUT2D eigenvalue weighted by Crippen LogP contribution is -2.05. The van der Waals surface area contributed by atoms with Gasteiger partial charge < -0.3 is 10.5 Å². The molecular weight excluding hydrogens is 316 g/mol. The summed E-state index contributed by atoms with van der Waals surface area (Å²) in [6.45, 7) is 0.198. The molecule has 2 aromatic carbocycles. The van der Waals surface area contributed by atoms with E-state index in [9.17, 15) is 8.78 Å². The van der Waals surface area contributed by atoms with Crippen molar-refractivity contribution in [2.75, 3.05) is 0 Å². The van der Waals surface area contributed by atoms with Crippen LogP contribution in [0.15, 0.2) is 40.9 Å². The molecule has 0 aromatic heterocycles. The van der Waals surface area contributed by atoms with Crippen molar-refractivity contribution < 1.29 is 13.5 Å². The summed E-state index contributed by atoms with van der Waals surface area (Å²) in [5.74, 6) is -0.266. The molecule has 2 N–H and O–H groups in total. The van der Waals surface area contributed by atoms with E-state index in [4.69, 9.17) is 10.5 Å². The second-order valence-corrected chi connectivity index (χ2v) is 4.81. The normalized spacial score (nSPS) is 10.5. The molecule has 0 fully saturated rings. The van der Waals surface area contributed by atoms with Crippen LogP contribution >= 0.6 is 15.9 Å². The molecule has 100 valence electrons. The summed E-state index contributed by atoms with van der Waals surface area (Å²) < 4.78 is 32.8. The van der Waals surface area contributed by atoms with Gasteiger partial charge in [0, 0.05) is 17.7 Å². The number of ether oxygens (including phenoxy) is 1. The van der Waals surface area contributed by atoms with Crippen molar-refractivity contribution >= 4 is 15.9 Å². The average molecular weight is 328 g/mol. The van der Waals surface area contributed by atoms with E-state index in [0.29, 0.717) is 21.3 Å². The zero-order valence-corrected chi connectivity index (χ0v) is 11.6. The lowest BCUT2D eigenvalue weighted by Gasteiger charge is -2.10. The minimum absolute atomic E-state index is 0.0594. The molecule has 0 atom stereocenters. The highest BCUT2D eigenvalue weighted by Crippen LogP contribution is 2.26. The highest BCUT2D eigenvalue weighted by Gasteiger charge is 2.09. The predicted molar refractivity (Wildman–Crippen MR) is 72.7 cm³/mol. The monoisotopic (exact) mass is 327 g/mol. The number of halogens is 3. The van der Waals surface area contributed by atoms with Gasteiger partial charge in [0.1, 0.15) is 24.0 Å². The van der Waals surface area contributed by atoms with Crippen LogP contribution in [0.2, 0.25) is 0 Å². The first-order chi connectivity index (χ1) is 9.11. The van der Waals surface area contributed by atoms with Crippen LogP contribution in [0.4, 0.5) is 8.78 Å². The Morgan fingerprint density at radius 1 is 1.11 bits per heavy atom. The fraction of sp³-hybridized carbons (Fsp3) is 0.143. The molecule has 0 saturated carbocycles. The van der Waals surface area contributed by atoms with Crippen LogP contribution in [0.5, 0.6) is 5.75 Å². The smallest absolute Gasteiger partial charge is 0.134 e. The number of rotatable bonds is 4. The summed E-state index contributed by atoms with van der Waals surface area (Å²) in [5.41, 5.74) is 6.30. The number of nitrogens with two attached hydrogens (primary N) is 1. The van der Waals surface area contributed by atoms with Gasteiger partial charge in [0.25, 0.3) is 0 Å². The lowest BCUT2D eigenvalue weighted by atomic mass is 10.1. The molecule has 0 spiro atoms. The minimum Gasteiger partial charge on any atom is -0.488 e. The molecule has 0 radical (unpaired) electrons. The summed E-state index contributed by atoms with van der Waals surface area (Å²) in [6.07, 6.45) is 0. The van der Waals surface area contributed by atoms with Gasteiger partial charge in [-0.3, -0.25) is 0 Å². The van der Waals surface area contributed by atoms with Crippen molar-refractivity contribution in [2.24, 2.45) is 5.73 Å². The van der Waals surface area contributed by atoms with Crippen LogP contribution in [0, 0.1) is 11.6 Å². The summed E-state index contributed by atoms with van der Waals surface area (Å²) >= 11 is 3.19. The number of hydrogen-bond acceptors (Lipinski definition) is 2. The molecule has 2 aromatic rings. The van der Waals surface area contributed by atoms with Gasteiger partial charge in [0.2, 0.25) is 0 Å². The van der Waals surface area contributed by atoms with Crippen molar-refractivity contribution in [2.45, 2.75) is 13.2 Å². The Morgan fingerprint density at radius 2 is 1.84 bits per heavy atom. The average Bonchev–Trinajstić information content (AvgIpc) is 2.39. The van der Waals surface area contributed by atoms with Crippen LogP contribution in [0.3, 0.4) is 0 Å². The lowest BCUT2D eigenvalue weighted by molar-refractivity contribution is 0.297. The molecule has 0 aliphatic carbocycles. The Hall–Kier alpha value is -1.46. The SMILES string of the molecule is NCc1cccc(COc2ccc(F)cc2Br)c1F. The maximum Gasteiger partial charge on any atom is 0.134 e. The van der Waals surface area contributed by atoms with E-state index in [1.807, 2.05) is 0 Å². The van der Waals surface area contributed by atoms with Crippen molar-refractivity contribution in [3.05, 3.63) is 63.6 Å². The Labute approximate surface area is 118 Å². The van der Waals surface area contributed by atoms with Crippen molar-refractivity contribution in [3.63, 3.8) is 0 Å². The highest BCUT2D eigenvalue weighted by atomic mass is 79.9. The van der Waals surface area contributed by atoms with Crippen LogP contribution < -0.4 is 10.5 Å². The van der Waals surface area contributed by atoms with Gasteiger partial charge in [0.15, 0.2) is 0 Å². The zero-order chi connectivity index (χ0) is 13.8. The Bertz CT molecular complexity index is 590. The third-order valence-electron chi connectivity index (χ3n) is 2.66. The fourth-order valence-corrected chi connectivity index (χ4v) is 2.12. The van der Waals surface area contributed by atoms with Crippen LogP contribution in [-0.4, -0.2) is 0 Å². The molecule has 0 amide bonds. The van der Waals surface area contributed by atoms with Gasteiger partial charge in [0.05, 0.1) is 4.47 Å². The zero-order valence-electron chi connectivity index (χ0n) is 10.00. The maximum absolute atomic E-state index is 13.9. The molecule has 19 heavy (non-hydrogen) atoms. The predicted octanol–water partition coefficient (Wildman–Crippen LogP) is 3.77. The van der Waals surface area contributed by atoms with Gasteiger partial charge in [-0.25, -0.2) is 8.78 Å². The molecule has 0 unspecified atom stereocenters. The van der Waals surface area contributed by atoms with Gasteiger partial charge in [-0.2, -0.15) is 0 Å². The van der Waals surface area contributed by atoms with Crippen molar-refractivity contribution in [1.29, 1.82) is 0 Å². The first-order valence-corrected chi connectivity index (χ1v) is 6.45. The van der Waals surface area contributed by atoms with E-state index < -0.39 is 0 Å². The van der Waals surface area contributed by atoms with Gasteiger partial charge >= 0.3 is 0 Å². The van der Waals surface area contributed by atoms with Gasteiger partial charge in [-0.1, -0.05) is 18.2 Å². The highest BCUT2D eigenvalue weighted by molar-refractivity contribution is 9.10. The molecule has 0 saturated heterocycles. The molecule has 0 bridgehead atoms. The molecular formula is C14H12BrF2NO. The Balaban J connectivity index is 2.14. The molecule has 0 aliphatic rings. The molecule has 2 nitrogen and oxygen atoms in total. The van der Waals surface area contributed by atoms with Crippen molar-refractivity contribution in [1.82, 2.24) is 0 Å². The molecule has 5 heteroatoms. The quantitative estimate of drug-likeness (QED) is 0.927. The van der Waals surface area contributed by atoms with Crippen LogP contribution in [0.1, 0.15) is 11.1 Å².